The molecule has 140 valence electrons. The predicted molar refractivity (Wildman–Crippen MR) is 111 cm³/mol. The number of ether oxygens (including phenoxy) is 1. The van der Waals surface area contributed by atoms with Crippen molar-refractivity contribution < 1.29 is 14.3 Å². The number of hydrogen-bond acceptors (Lipinski definition) is 6. The molecule has 0 saturated carbocycles. The van der Waals surface area contributed by atoms with Gasteiger partial charge < -0.3 is 10.1 Å². The van der Waals surface area contributed by atoms with Gasteiger partial charge in [-0.1, -0.05) is 12.1 Å². The zero-order valence-electron chi connectivity index (χ0n) is 15.2. The lowest BCUT2D eigenvalue weighted by Crippen LogP contribution is -2.24. The summed E-state index contributed by atoms with van der Waals surface area (Å²) < 4.78 is 6.46. The Labute approximate surface area is 166 Å². The van der Waals surface area contributed by atoms with E-state index in [1.54, 1.807) is 30.6 Å². The summed E-state index contributed by atoms with van der Waals surface area (Å²) in [6, 6.07) is 13.3. The normalized spacial score (nSPS) is 10.7. The van der Waals surface area contributed by atoms with E-state index in [1.165, 1.54) is 18.7 Å². The number of benzene rings is 2. The molecule has 0 bridgehead atoms. The minimum Gasteiger partial charge on any atom is -0.496 e. The number of amides is 1. The Bertz CT molecular complexity index is 936. The van der Waals surface area contributed by atoms with E-state index in [4.69, 9.17) is 4.74 Å². The first kappa shape index (κ1) is 19.4. The van der Waals surface area contributed by atoms with Crippen LogP contribution in [0.3, 0.4) is 0 Å². The van der Waals surface area contributed by atoms with E-state index < -0.39 is 0 Å². The highest BCUT2D eigenvalue weighted by Crippen LogP contribution is 2.25. The zero-order valence-corrected chi connectivity index (χ0v) is 16.8. The van der Waals surface area contributed by atoms with Crippen molar-refractivity contribution in [2.45, 2.75) is 19.2 Å². The van der Waals surface area contributed by atoms with Gasteiger partial charge in [-0.3, -0.25) is 9.59 Å². The van der Waals surface area contributed by atoms with Crippen LogP contribution in [-0.2, 0) is 17.1 Å². The molecule has 0 radical (unpaired) electrons. The second kappa shape index (κ2) is 9.01. The Morgan fingerprint density at radius 2 is 2.04 bits per heavy atom. The highest BCUT2D eigenvalue weighted by molar-refractivity contribution is 7.99. The molecule has 1 heterocycles. The first-order chi connectivity index (χ1) is 13.1. The average Bonchev–Trinajstić information content (AvgIpc) is 3.09. The number of rotatable bonds is 8. The maximum absolute atomic E-state index is 12.1. The quantitative estimate of drug-likeness (QED) is 0.578. The van der Waals surface area contributed by atoms with Crippen LogP contribution in [0.4, 0.5) is 0 Å². The SMILES string of the molecule is COc1ccc(C(C)=O)cc1CSCC(=O)NCc1nc2ccccc2s1. The number of para-hydroxylation sites is 1. The fourth-order valence-electron chi connectivity index (χ4n) is 2.58. The molecule has 27 heavy (non-hydrogen) atoms. The summed E-state index contributed by atoms with van der Waals surface area (Å²) in [4.78, 5) is 28.2. The molecule has 2 aromatic carbocycles. The molecule has 1 amide bonds. The van der Waals surface area contributed by atoms with E-state index in [-0.39, 0.29) is 11.7 Å². The standard InChI is InChI=1S/C20H20N2O3S2/c1-13(23)14-7-8-17(25-2)15(9-14)11-26-12-19(24)21-10-20-22-16-5-3-4-6-18(16)27-20/h3-9H,10-12H2,1-2H3,(H,21,24). The second-order valence-electron chi connectivity index (χ2n) is 5.93. The number of aromatic nitrogens is 1. The Kier molecular flexibility index (Phi) is 6.47. The number of hydrogen-bond donors (Lipinski definition) is 1. The van der Waals surface area contributed by atoms with E-state index >= 15 is 0 Å². The van der Waals surface area contributed by atoms with Crippen molar-refractivity contribution >= 4 is 45.0 Å². The summed E-state index contributed by atoms with van der Waals surface area (Å²) in [6.45, 7) is 1.97. The molecule has 5 nitrogen and oxygen atoms in total. The van der Waals surface area contributed by atoms with Gasteiger partial charge in [-0.05, 0) is 37.3 Å². The molecule has 0 saturated heterocycles. The Morgan fingerprint density at radius 3 is 2.78 bits per heavy atom. The van der Waals surface area contributed by atoms with Gasteiger partial charge in [-0.2, -0.15) is 0 Å². The summed E-state index contributed by atoms with van der Waals surface area (Å²) >= 11 is 3.07. The average molecular weight is 401 g/mol. The maximum atomic E-state index is 12.1. The van der Waals surface area contributed by atoms with Crippen LogP contribution in [-0.4, -0.2) is 29.5 Å². The van der Waals surface area contributed by atoms with Gasteiger partial charge in [-0.25, -0.2) is 4.98 Å². The van der Waals surface area contributed by atoms with Gasteiger partial charge in [0, 0.05) is 16.9 Å². The second-order valence-corrected chi connectivity index (χ2v) is 8.03. The number of Topliss-reactive ketones (excluding diaryl/α,β-unsaturated/α-hetero) is 1. The number of nitrogens with zero attached hydrogens (tertiary/aromatic N) is 1. The molecule has 3 aromatic rings. The van der Waals surface area contributed by atoms with E-state index in [9.17, 15) is 9.59 Å². The number of thiazole rings is 1. The van der Waals surface area contributed by atoms with E-state index in [1.807, 2.05) is 30.3 Å². The van der Waals surface area contributed by atoms with Gasteiger partial charge in [0.2, 0.25) is 5.91 Å². The lowest BCUT2D eigenvalue weighted by atomic mass is 10.1. The fourth-order valence-corrected chi connectivity index (χ4v) is 4.33. The molecule has 3 rings (SSSR count). The number of carbonyl (C=O) groups excluding carboxylic acids is 2. The van der Waals surface area contributed by atoms with Crippen molar-refractivity contribution in [2.24, 2.45) is 0 Å². The minimum atomic E-state index is -0.0408. The molecule has 1 aromatic heterocycles. The molecular weight excluding hydrogens is 380 g/mol. The van der Waals surface area contributed by atoms with Crippen LogP contribution in [0.5, 0.6) is 5.75 Å². The van der Waals surface area contributed by atoms with Crippen molar-refractivity contribution in [1.82, 2.24) is 10.3 Å². The van der Waals surface area contributed by atoms with Crippen LogP contribution in [0.15, 0.2) is 42.5 Å². The number of methoxy groups -OCH3 is 1. The Balaban J connectivity index is 1.50. The lowest BCUT2D eigenvalue weighted by Gasteiger charge is -2.10. The third-order valence-corrected chi connectivity index (χ3v) is 5.97. The first-order valence-electron chi connectivity index (χ1n) is 8.43. The van der Waals surface area contributed by atoms with E-state index in [2.05, 4.69) is 10.3 Å². The highest BCUT2D eigenvalue weighted by atomic mass is 32.2. The van der Waals surface area contributed by atoms with Crippen LogP contribution >= 0.6 is 23.1 Å². The van der Waals surface area contributed by atoms with Crippen LogP contribution in [0.25, 0.3) is 10.2 Å². The number of carbonyl (C=O) groups is 2. The maximum Gasteiger partial charge on any atom is 0.230 e. The molecule has 0 unspecified atom stereocenters. The Morgan fingerprint density at radius 1 is 1.22 bits per heavy atom. The number of fused-ring (bicyclic) bond motifs is 1. The minimum absolute atomic E-state index is 0.0116. The van der Waals surface area contributed by atoms with Gasteiger partial charge in [0.1, 0.15) is 10.8 Å². The molecule has 0 aliphatic heterocycles. The number of ketones is 1. The van der Waals surface area contributed by atoms with Gasteiger partial charge in [0.25, 0.3) is 0 Å². The van der Waals surface area contributed by atoms with E-state index in [0.717, 1.165) is 26.5 Å². The number of nitrogens with one attached hydrogen (secondary N) is 1. The molecule has 0 fully saturated rings. The predicted octanol–water partition coefficient (Wildman–Crippen LogP) is 4.06. The van der Waals surface area contributed by atoms with Crippen LogP contribution < -0.4 is 10.1 Å². The zero-order chi connectivity index (χ0) is 19.2. The largest absolute Gasteiger partial charge is 0.496 e. The smallest absolute Gasteiger partial charge is 0.230 e. The number of thioether (sulfide) groups is 1. The van der Waals surface area contributed by atoms with E-state index in [0.29, 0.717) is 23.6 Å². The van der Waals surface area contributed by atoms with Crippen molar-refractivity contribution in [1.29, 1.82) is 0 Å². The Hall–Kier alpha value is -2.38. The van der Waals surface area contributed by atoms with Gasteiger partial charge >= 0.3 is 0 Å². The summed E-state index contributed by atoms with van der Waals surface area (Å²) in [5.41, 5.74) is 2.51. The van der Waals surface area contributed by atoms with Crippen LogP contribution in [0.2, 0.25) is 0 Å². The first-order valence-corrected chi connectivity index (χ1v) is 10.4. The van der Waals surface area contributed by atoms with Crippen molar-refractivity contribution in [3.8, 4) is 5.75 Å². The summed E-state index contributed by atoms with van der Waals surface area (Å²) in [7, 11) is 1.60. The monoisotopic (exact) mass is 400 g/mol. The highest BCUT2D eigenvalue weighted by Gasteiger charge is 2.10. The van der Waals surface area contributed by atoms with Crippen molar-refractivity contribution in [3.63, 3.8) is 0 Å². The summed E-state index contributed by atoms with van der Waals surface area (Å²) in [5, 5.41) is 3.80. The molecule has 0 atom stereocenters. The molecular formula is C20H20N2O3S2. The van der Waals surface area contributed by atoms with Crippen molar-refractivity contribution in [3.05, 3.63) is 58.6 Å². The molecule has 7 heteroatoms. The van der Waals surface area contributed by atoms with Crippen LogP contribution in [0, 0.1) is 0 Å². The lowest BCUT2D eigenvalue weighted by molar-refractivity contribution is -0.118. The van der Waals surface area contributed by atoms with Gasteiger partial charge in [-0.15, -0.1) is 23.1 Å². The fraction of sp³-hybridized carbons (Fsp3) is 0.250. The van der Waals surface area contributed by atoms with Gasteiger partial charge in [0.15, 0.2) is 5.78 Å². The third kappa shape index (κ3) is 5.08. The molecule has 0 aliphatic carbocycles. The summed E-state index contributed by atoms with van der Waals surface area (Å²) in [5.74, 6) is 1.62. The third-order valence-electron chi connectivity index (χ3n) is 3.95. The molecule has 0 spiro atoms. The van der Waals surface area contributed by atoms with Crippen LogP contribution in [0.1, 0.15) is 27.9 Å². The topological polar surface area (TPSA) is 68.3 Å². The molecule has 1 N–H and O–H groups in total. The summed E-state index contributed by atoms with van der Waals surface area (Å²) in [6.07, 6.45) is 0. The van der Waals surface area contributed by atoms with Gasteiger partial charge in [0.05, 0.1) is 29.6 Å². The molecule has 0 aliphatic rings. The van der Waals surface area contributed by atoms with Crippen molar-refractivity contribution in [2.75, 3.05) is 12.9 Å².